The first-order valence-electron chi connectivity index (χ1n) is 7.23. The molecule has 4 nitrogen and oxygen atoms in total. The summed E-state index contributed by atoms with van der Waals surface area (Å²) in [7, 11) is 0. The van der Waals surface area contributed by atoms with Gasteiger partial charge in [0.1, 0.15) is 0 Å². The molecule has 2 unspecified atom stereocenters. The van der Waals surface area contributed by atoms with Crippen LogP contribution in [0, 0.1) is 19.8 Å². The Hall–Kier alpha value is -1.39. The van der Waals surface area contributed by atoms with Gasteiger partial charge in [0, 0.05) is 18.8 Å². The Labute approximate surface area is 120 Å². The number of nitrogens with zero attached hydrogens (tertiary/aromatic N) is 1. The lowest BCUT2D eigenvalue weighted by atomic mass is 10.1. The number of aryl methyl sites for hydroxylation is 2. The summed E-state index contributed by atoms with van der Waals surface area (Å²) in [6.07, 6.45) is 0.970. The fourth-order valence-corrected chi connectivity index (χ4v) is 2.82. The molecule has 2 N–H and O–H groups in total. The smallest absolute Gasteiger partial charge is 0.241 e. The lowest BCUT2D eigenvalue weighted by Gasteiger charge is -2.23. The van der Waals surface area contributed by atoms with Crippen LogP contribution in [-0.4, -0.2) is 41.7 Å². The van der Waals surface area contributed by atoms with E-state index in [-0.39, 0.29) is 18.6 Å². The average molecular weight is 276 g/mol. The van der Waals surface area contributed by atoms with Crippen molar-refractivity contribution in [3.05, 3.63) is 29.3 Å². The predicted octanol–water partition coefficient (Wildman–Crippen LogP) is 1.94. The van der Waals surface area contributed by atoms with Crippen LogP contribution >= 0.6 is 0 Å². The third-order valence-corrected chi connectivity index (χ3v) is 3.99. The van der Waals surface area contributed by atoms with Gasteiger partial charge in [0.05, 0.1) is 6.04 Å². The highest BCUT2D eigenvalue weighted by atomic mass is 16.3. The van der Waals surface area contributed by atoms with Crippen molar-refractivity contribution < 1.29 is 9.90 Å². The van der Waals surface area contributed by atoms with Gasteiger partial charge in [0.25, 0.3) is 0 Å². The van der Waals surface area contributed by atoms with Gasteiger partial charge in [0.15, 0.2) is 0 Å². The first-order chi connectivity index (χ1) is 9.49. The summed E-state index contributed by atoms with van der Waals surface area (Å²) in [6.45, 7) is 7.88. The van der Waals surface area contributed by atoms with Gasteiger partial charge in [-0.3, -0.25) is 9.69 Å². The summed E-state index contributed by atoms with van der Waals surface area (Å²) in [5.74, 6) is 0.333. The molecule has 1 fully saturated rings. The van der Waals surface area contributed by atoms with Crippen LogP contribution in [0.15, 0.2) is 18.2 Å². The van der Waals surface area contributed by atoms with Crippen LogP contribution in [0.3, 0.4) is 0 Å². The summed E-state index contributed by atoms with van der Waals surface area (Å²) >= 11 is 0. The zero-order valence-corrected chi connectivity index (χ0v) is 12.5. The minimum Gasteiger partial charge on any atom is -0.396 e. The first kappa shape index (κ1) is 15.0. The number of benzene rings is 1. The van der Waals surface area contributed by atoms with E-state index in [1.807, 2.05) is 32.9 Å². The average Bonchev–Trinajstić information content (AvgIpc) is 2.85. The Bertz CT molecular complexity index is 467. The number of aliphatic hydroxyl groups is 1. The third kappa shape index (κ3) is 3.58. The molecule has 0 radical (unpaired) electrons. The summed E-state index contributed by atoms with van der Waals surface area (Å²) in [5, 5.41) is 12.2. The highest BCUT2D eigenvalue weighted by Crippen LogP contribution is 2.19. The molecule has 1 amide bonds. The second kappa shape index (κ2) is 6.37. The Balaban J connectivity index is 1.97. The molecule has 110 valence electrons. The van der Waals surface area contributed by atoms with Crippen LogP contribution in [0.5, 0.6) is 0 Å². The number of carbonyl (C=O) groups excluding carboxylic acids is 1. The van der Waals surface area contributed by atoms with E-state index < -0.39 is 0 Å². The molecule has 1 saturated heterocycles. The highest BCUT2D eigenvalue weighted by Gasteiger charge is 2.29. The minimum absolute atomic E-state index is 0.0218. The molecule has 1 heterocycles. The van der Waals surface area contributed by atoms with Crippen molar-refractivity contribution in [1.29, 1.82) is 0 Å². The molecule has 0 aromatic heterocycles. The van der Waals surface area contributed by atoms with Gasteiger partial charge in [-0.15, -0.1) is 0 Å². The van der Waals surface area contributed by atoms with Crippen LogP contribution in [0.1, 0.15) is 24.5 Å². The molecule has 1 aliphatic rings. The van der Waals surface area contributed by atoms with E-state index in [4.69, 9.17) is 0 Å². The van der Waals surface area contributed by atoms with Crippen molar-refractivity contribution in [3.63, 3.8) is 0 Å². The van der Waals surface area contributed by atoms with E-state index in [2.05, 4.69) is 16.3 Å². The van der Waals surface area contributed by atoms with Gasteiger partial charge in [0.2, 0.25) is 5.91 Å². The zero-order valence-electron chi connectivity index (χ0n) is 12.5. The molecule has 0 bridgehead atoms. The Morgan fingerprint density at radius 1 is 1.40 bits per heavy atom. The summed E-state index contributed by atoms with van der Waals surface area (Å²) in [5.41, 5.74) is 3.15. The van der Waals surface area contributed by atoms with Crippen LogP contribution in [0.4, 0.5) is 5.69 Å². The Kier molecular flexibility index (Phi) is 4.78. The summed E-state index contributed by atoms with van der Waals surface area (Å²) < 4.78 is 0. The lowest BCUT2D eigenvalue weighted by Crippen LogP contribution is -2.40. The van der Waals surface area contributed by atoms with Crippen molar-refractivity contribution >= 4 is 11.6 Å². The van der Waals surface area contributed by atoms with E-state index in [9.17, 15) is 9.90 Å². The second-order valence-electron chi connectivity index (χ2n) is 5.87. The Morgan fingerprint density at radius 3 is 2.60 bits per heavy atom. The maximum atomic E-state index is 12.3. The topological polar surface area (TPSA) is 52.6 Å². The number of hydrogen-bond acceptors (Lipinski definition) is 3. The molecule has 2 atom stereocenters. The van der Waals surface area contributed by atoms with E-state index >= 15 is 0 Å². The van der Waals surface area contributed by atoms with Gasteiger partial charge in [-0.1, -0.05) is 6.07 Å². The van der Waals surface area contributed by atoms with Gasteiger partial charge < -0.3 is 10.4 Å². The molecular formula is C16H24N2O2. The Morgan fingerprint density at radius 2 is 2.05 bits per heavy atom. The van der Waals surface area contributed by atoms with Crippen molar-refractivity contribution in [3.8, 4) is 0 Å². The van der Waals surface area contributed by atoms with E-state index in [1.165, 1.54) is 0 Å². The molecule has 0 spiro atoms. The van der Waals surface area contributed by atoms with E-state index in [1.54, 1.807) is 0 Å². The maximum absolute atomic E-state index is 12.3. The second-order valence-corrected chi connectivity index (χ2v) is 5.87. The number of aliphatic hydroxyl groups excluding tert-OH is 1. The summed E-state index contributed by atoms with van der Waals surface area (Å²) in [6, 6.07) is 5.90. The molecule has 1 aliphatic heterocycles. The molecule has 0 aliphatic carbocycles. The van der Waals surface area contributed by atoms with Crippen molar-refractivity contribution in [1.82, 2.24) is 4.90 Å². The highest BCUT2D eigenvalue weighted by molar-refractivity contribution is 5.94. The molecule has 1 aromatic rings. The number of rotatable bonds is 4. The fraction of sp³-hybridized carbons (Fsp3) is 0.562. The van der Waals surface area contributed by atoms with Gasteiger partial charge in [-0.25, -0.2) is 0 Å². The number of anilines is 1. The molecule has 2 rings (SSSR count). The maximum Gasteiger partial charge on any atom is 0.241 e. The number of amides is 1. The number of hydrogen-bond donors (Lipinski definition) is 2. The molecule has 4 heteroatoms. The first-order valence-corrected chi connectivity index (χ1v) is 7.23. The lowest BCUT2D eigenvalue weighted by molar-refractivity contribution is -0.120. The molecule has 1 aromatic carbocycles. The molecule has 0 saturated carbocycles. The molecular weight excluding hydrogens is 252 g/mol. The fourth-order valence-electron chi connectivity index (χ4n) is 2.82. The largest absolute Gasteiger partial charge is 0.396 e. The monoisotopic (exact) mass is 276 g/mol. The minimum atomic E-state index is -0.160. The normalized spacial score (nSPS) is 20.9. The van der Waals surface area contributed by atoms with Crippen molar-refractivity contribution in [2.45, 2.75) is 33.2 Å². The number of likely N-dealkylation sites (tertiary alicyclic amines) is 1. The summed E-state index contributed by atoms with van der Waals surface area (Å²) in [4.78, 5) is 14.4. The number of nitrogens with one attached hydrogen (secondary N) is 1. The number of carbonyl (C=O) groups is 1. The van der Waals surface area contributed by atoms with Crippen molar-refractivity contribution in [2.24, 2.45) is 5.92 Å². The SMILES string of the molecule is Cc1cc(C)cc(NC(=O)C(C)N2CCC(CO)C2)c1. The predicted molar refractivity (Wildman–Crippen MR) is 80.8 cm³/mol. The van der Waals surface area contributed by atoms with Gasteiger partial charge >= 0.3 is 0 Å². The van der Waals surface area contributed by atoms with Crippen LogP contribution < -0.4 is 5.32 Å². The molecule has 20 heavy (non-hydrogen) atoms. The standard InChI is InChI=1S/C16H24N2O2/c1-11-6-12(2)8-15(7-11)17-16(20)13(3)18-5-4-14(9-18)10-19/h6-8,13-14,19H,4-5,9-10H2,1-3H3,(H,17,20). The van der Waals surface area contributed by atoms with Crippen molar-refractivity contribution in [2.75, 3.05) is 25.0 Å². The van der Waals surface area contributed by atoms with E-state index in [0.29, 0.717) is 5.92 Å². The van der Waals surface area contributed by atoms with Crippen LogP contribution in [0.2, 0.25) is 0 Å². The quantitative estimate of drug-likeness (QED) is 0.883. The van der Waals surface area contributed by atoms with E-state index in [0.717, 1.165) is 36.3 Å². The van der Waals surface area contributed by atoms with Gasteiger partial charge in [-0.2, -0.15) is 0 Å². The van der Waals surface area contributed by atoms with Crippen LogP contribution in [0.25, 0.3) is 0 Å². The van der Waals surface area contributed by atoms with Gasteiger partial charge in [-0.05, 0) is 62.9 Å². The van der Waals surface area contributed by atoms with Crippen LogP contribution in [-0.2, 0) is 4.79 Å². The zero-order chi connectivity index (χ0) is 14.7. The third-order valence-electron chi connectivity index (χ3n) is 3.99.